The van der Waals surface area contributed by atoms with Crippen molar-refractivity contribution >= 4 is 39.5 Å². The summed E-state index contributed by atoms with van der Waals surface area (Å²) in [6.45, 7) is 4.65. The molecular weight excluding hydrogens is 1280 g/mol. The molecule has 17 nitrogen and oxygen atoms in total. The normalized spacial score (nSPS) is 14.4. The molecule has 0 aromatic carbocycles. The third-order valence-electron chi connectivity index (χ3n) is 16.4. The predicted octanol–water partition coefficient (Wildman–Crippen LogP) is 22.2. The number of allylic oxidation sites excluding steroid dienone is 14. The monoisotopic (exact) mass is 1420 g/mol. The van der Waals surface area contributed by atoms with Crippen molar-refractivity contribution in [2.75, 3.05) is 39.6 Å². The van der Waals surface area contributed by atoms with Crippen LogP contribution in [-0.2, 0) is 65.4 Å². The van der Waals surface area contributed by atoms with Crippen LogP contribution in [0.4, 0.5) is 0 Å². The summed E-state index contributed by atoms with van der Waals surface area (Å²) in [4.78, 5) is 72.9. The number of unbranched alkanes of at least 4 members (excludes halogenated alkanes) is 33. The fourth-order valence-corrected chi connectivity index (χ4v) is 12.1. The molecule has 5 unspecified atom stereocenters. The molecule has 0 amide bonds. The van der Waals surface area contributed by atoms with E-state index in [1.54, 1.807) is 0 Å². The van der Waals surface area contributed by atoms with Gasteiger partial charge in [-0.2, -0.15) is 0 Å². The molecule has 568 valence electrons. The zero-order valence-electron chi connectivity index (χ0n) is 62.0. The van der Waals surface area contributed by atoms with Crippen molar-refractivity contribution < 1.29 is 80.2 Å². The highest BCUT2D eigenvalue weighted by atomic mass is 31.2. The lowest BCUT2D eigenvalue weighted by atomic mass is 10.0. The largest absolute Gasteiger partial charge is 0.472 e. The first-order chi connectivity index (χ1) is 47.7. The lowest BCUT2D eigenvalue weighted by Gasteiger charge is -2.21. The molecule has 0 spiro atoms. The van der Waals surface area contributed by atoms with E-state index >= 15 is 0 Å². The maximum Gasteiger partial charge on any atom is 0.472 e. The number of phosphoric acid groups is 2. The molecule has 0 saturated heterocycles. The number of carbonyl (C=O) groups is 4. The van der Waals surface area contributed by atoms with Gasteiger partial charge in [0.2, 0.25) is 0 Å². The summed E-state index contributed by atoms with van der Waals surface area (Å²) in [7, 11) is -9.95. The molecule has 0 fully saturated rings. The van der Waals surface area contributed by atoms with Gasteiger partial charge in [-0.05, 0) is 96.3 Å². The number of carbonyl (C=O) groups excluding carboxylic acids is 4. The van der Waals surface area contributed by atoms with E-state index < -0.39 is 97.5 Å². The minimum atomic E-state index is -4.97. The smallest absolute Gasteiger partial charge is 0.462 e. The van der Waals surface area contributed by atoms with Crippen LogP contribution in [-0.4, -0.2) is 96.7 Å². The topological polar surface area (TPSA) is 237 Å². The van der Waals surface area contributed by atoms with Crippen molar-refractivity contribution in [1.29, 1.82) is 0 Å². The van der Waals surface area contributed by atoms with E-state index in [-0.39, 0.29) is 25.7 Å². The number of aliphatic hydroxyl groups excluding tert-OH is 1. The number of esters is 4. The minimum Gasteiger partial charge on any atom is -0.462 e. The van der Waals surface area contributed by atoms with Gasteiger partial charge >= 0.3 is 39.5 Å². The highest BCUT2D eigenvalue weighted by Crippen LogP contribution is 2.45. The molecule has 0 aliphatic rings. The van der Waals surface area contributed by atoms with E-state index in [2.05, 4.69) is 113 Å². The molecule has 0 aromatic heterocycles. The number of rotatable bonds is 73. The first kappa shape index (κ1) is 94.2. The van der Waals surface area contributed by atoms with Crippen molar-refractivity contribution in [2.45, 2.75) is 354 Å². The zero-order valence-corrected chi connectivity index (χ0v) is 63.7. The van der Waals surface area contributed by atoms with E-state index in [4.69, 9.17) is 37.0 Å². The molecule has 3 N–H and O–H groups in total. The average Bonchev–Trinajstić information content (AvgIpc) is 0.969. The highest BCUT2D eigenvalue weighted by Gasteiger charge is 2.30. The molecule has 5 atom stereocenters. The second-order valence-electron chi connectivity index (χ2n) is 25.9. The summed E-state index contributed by atoms with van der Waals surface area (Å²) in [5.74, 6) is -2.19. The summed E-state index contributed by atoms with van der Waals surface area (Å²) in [6, 6.07) is 0. The van der Waals surface area contributed by atoms with E-state index in [1.165, 1.54) is 103 Å². The summed E-state index contributed by atoms with van der Waals surface area (Å²) in [6.07, 6.45) is 72.8. The molecule has 0 rings (SSSR count). The molecular formula is C79H140O17P2. The van der Waals surface area contributed by atoms with Gasteiger partial charge in [-0.3, -0.25) is 37.3 Å². The Morgan fingerprint density at radius 3 is 0.816 bits per heavy atom. The van der Waals surface area contributed by atoms with Gasteiger partial charge in [0.1, 0.15) is 19.3 Å². The molecule has 0 bridgehead atoms. The number of hydrogen-bond donors (Lipinski definition) is 3. The number of hydrogen-bond acceptors (Lipinski definition) is 15. The van der Waals surface area contributed by atoms with Crippen LogP contribution in [0.15, 0.2) is 85.1 Å². The van der Waals surface area contributed by atoms with Gasteiger partial charge in [0.25, 0.3) is 0 Å². The SMILES string of the molecule is CC/C=C\C/C=C\C/C=C\C/C=C\CCCCCCC(=O)OCC(COP(=O)(O)OCC(O)COP(=O)(O)OCC(COC(=O)CCCCCCC/C=C\C/C=C\C/C=C\CC)OC(=O)CCCCCCCCCCCCCCC)OC(=O)CCCCCCCCCCCCCCC. The molecule has 0 aromatic rings. The van der Waals surface area contributed by atoms with Gasteiger partial charge in [-0.25, -0.2) is 9.13 Å². The molecule has 0 heterocycles. The second-order valence-corrected chi connectivity index (χ2v) is 28.8. The Kier molecular flexibility index (Phi) is 68.9. The van der Waals surface area contributed by atoms with Crippen molar-refractivity contribution in [2.24, 2.45) is 0 Å². The molecule has 0 radical (unpaired) electrons. The van der Waals surface area contributed by atoms with Crippen molar-refractivity contribution in [1.82, 2.24) is 0 Å². The third-order valence-corrected chi connectivity index (χ3v) is 18.3. The fourth-order valence-electron chi connectivity index (χ4n) is 10.5. The van der Waals surface area contributed by atoms with Gasteiger partial charge in [0.05, 0.1) is 26.4 Å². The molecule has 0 aliphatic carbocycles. The maximum absolute atomic E-state index is 13.1. The van der Waals surface area contributed by atoms with Crippen LogP contribution in [0.3, 0.4) is 0 Å². The highest BCUT2D eigenvalue weighted by molar-refractivity contribution is 7.47. The van der Waals surface area contributed by atoms with E-state index in [0.717, 1.165) is 154 Å². The van der Waals surface area contributed by atoms with Crippen LogP contribution < -0.4 is 0 Å². The lowest BCUT2D eigenvalue weighted by Crippen LogP contribution is -2.30. The molecule has 0 aliphatic heterocycles. The van der Waals surface area contributed by atoms with E-state index in [9.17, 15) is 43.2 Å². The van der Waals surface area contributed by atoms with Crippen LogP contribution in [0, 0.1) is 0 Å². The summed E-state index contributed by atoms with van der Waals surface area (Å²) in [5, 5.41) is 10.6. The van der Waals surface area contributed by atoms with Crippen LogP contribution >= 0.6 is 15.6 Å². The van der Waals surface area contributed by atoms with Gasteiger partial charge in [-0.15, -0.1) is 0 Å². The van der Waals surface area contributed by atoms with Crippen molar-refractivity contribution in [3.05, 3.63) is 85.1 Å². The second kappa shape index (κ2) is 71.6. The van der Waals surface area contributed by atoms with Crippen molar-refractivity contribution in [3.8, 4) is 0 Å². The Labute approximate surface area is 595 Å². The van der Waals surface area contributed by atoms with Crippen LogP contribution in [0.2, 0.25) is 0 Å². The molecule has 98 heavy (non-hydrogen) atoms. The first-order valence-electron chi connectivity index (χ1n) is 38.8. The third kappa shape index (κ3) is 70.7. The minimum absolute atomic E-state index is 0.0934. The zero-order chi connectivity index (χ0) is 71.8. The van der Waals surface area contributed by atoms with E-state index in [0.29, 0.717) is 25.7 Å². The van der Waals surface area contributed by atoms with Gasteiger partial charge < -0.3 is 33.8 Å². The predicted molar refractivity (Wildman–Crippen MR) is 399 cm³/mol. The van der Waals surface area contributed by atoms with Gasteiger partial charge in [0.15, 0.2) is 12.2 Å². The quantitative estimate of drug-likeness (QED) is 0.0169. The van der Waals surface area contributed by atoms with Crippen LogP contribution in [0.1, 0.15) is 336 Å². The summed E-state index contributed by atoms with van der Waals surface area (Å²) in [5.41, 5.74) is 0. The summed E-state index contributed by atoms with van der Waals surface area (Å²) >= 11 is 0. The van der Waals surface area contributed by atoms with E-state index in [1.807, 2.05) is 0 Å². The Balaban J connectivity index is 5.34. The fraction of sp³-hybridized carbons (Fsp3) is 0.772. The Bertz CT molecular complexity index is 2190. The number of phosphoric ester groups is 2. The van der Waals surface area contributed by atoms with Gasteiger partial charge in [-0.1, -0.05) is 299 Å². The van der Waals surface area contributed by atoms with Crippen LogP contribution in [0.5, 0.6) is 0 Å². The van der Waals surface area contributed by atoms with Crippen LogP contribution in [0.25, 0.3) is 0 Å². The van der Waals surface area contributed by atoms with Crippen molar-refractivity contribution in [3.63, 3.8) is 0 Å². The number of ether oxygens (including phenoxy) is 4. The molecule has 19 heteroatoms. The van der Waals surface area contributed by atoms with Gasteiger partial charge in [0, 0.05) is 25.7 Å². The first-order valence-corrected chi connectivity index (χ1v) is 41.8. The standard InChI is InChI=1S/C79H140O17P2/c1-5-9-13-17-21-25-29-33-35-36-38-42-44-48-52-56-60-64-77(82)90-70-75(96-79(84)66-62-58-54-50-46-40-32-28-24-20-16-12-8-4)72-94-98(87,88)92-68-73(80)67-91-97(85,86)93-71-74(95-78(83)65-61-57-53-49-45-39-31-27-23-19-15-11-7-3)69-89-76(81)63-59-55-51-47-43-41-37-34-30-26-22-18-14-10-6-2/h9-10,13-14,21-22,25-26,33-35,37-38,42,73-75,80H,5-8,11-12,15-20,23-24,27-32,36,39-41,43-72H2,1-4H3,(H,85,86)(H,87,88)/b13-9-,14-10-,25-21-,26-22-,35-33-,37-34-,42-38-. The average molecular weight is 1420 g/mol. The maximum atomic E-state index is 13.1. The lowest BCUT2D eigenvalue weighted by molar-refractivity contribution is -0.161. The Morgan fingerprint density at radius 2 is 0.531 bits per heavy atom. The summed E-state index contributed by atoms with van der Waals surface area (Å²) < 4.78 is 68.5. The number of aliphatic hydroxyl groups is 1. The molecule has 0 saturated carbocycles. The Morgan fingerprint density at radius 1 is 0.296 bits per heavy atom. The Hall–Kier alpha value is -3.76.